The van der Waals surface area contributed by atoms with Crippen LogP contribution in [0.15, 0.2) is 72.8 Å². The van der Waals surface area contributed by atoms with Gasteiger partial charge in [-0.15, -0.1) is 0 Å². The van der Waals surface area contributed by atoms with Gasteiger partial charge >= 0.3 is 0 Å². The molecule has 0 unspecified atom stereocenters. The number of benzene rings is 3. The molecule has 3 atom stereocenters. The highest BCUT2D eigenvalue weighted by Crippen LogP contribution is 2.48. The van der Waals surface area contributed by atoms with E-state index in [2.05, 4.69) is 0 Å². The molecule has 0 aliphatic carbocycles. The minimum absolute atomic E-state index is 0.276. The zero-order valence-electron chi connectivity index (χ0n) is 20.7. The summed E-state index contributed by atoms with van der Waals surface area (Å²) in [4.78, 5) is 34.8. The summed E-state index contributed by atoms with van der Waals surface area (Å²) in [6.07, 6.45) is -0.0450. The van der Waals surface area contributed by atoms with Crippen LogP contribution >= 0.6 is 0 Å². The van der Waals surface area contributed by atoms with Gasteiger partial charge in [0.15, 0.2) is 17.6 Å². The van der Waals surface area contributed by atoms with Gasteiger partial charge in [0.2, 0.25) is 5.91 Å². The maximum atomic E-state index is 13.8. The smallest absolute Gasteiger partial charge is 0.266 e. The van der Waals surface area contributed by atoms with Crippen LogP contribution in [0.2, 0.25) is 0 Å². The number of para-hydroxylation sites is 1. The van der Waals surface area contributed by atoms with Gasteiger partial charge in [-0.3, -0.25) is 14.4 Å². The van der Waals surface area contributed by atoms with Gasteiger partial charge in [0.25, 0.3) is 5.91 Å². The maximum Gasteiger partial charge on any atom is 0.266 e. The number of carbonyl (C=O) groups is 2. The van der Waals surface area contributed by atoms with Crippen LogP contribution < -0.4 is 19.4 Å². The lowest BCUT2D eigenvalue weighted by Crippen LogP contribution is -2.37. The summed E-state index contributed by atoms with van der Waals surface area (Å²) < 4.78 is 11.8. The van der Waals surface area contributed by atoms with Crippen molar-refractivity contribution in [3.8, 4) is 11.5 Å². The van der Waals surface area contributed by atoms with E-state index in [0.717, 1.165) is 23.2 Å². The van der Waals surface area contributed by atoms with Crippen LogP contribution in [0.1, 0.15) is 37.4 Å². The van der Waals surface area contributed by atoms with Crippen LogP contribution in [0.5, 0.6) is 11.5 Å². The number of aryl methyl sites for hydroxylation is 1. The minimum atomic E-state index is -0.921. The average Bonchev–Trinajstić information content (AvgIpc) is 3.40. The topological polar surface area (TPSA) is 68.3 Å². The molecule has 186 valence electrons. The summed E-state index contributed by atoms with van der Waals surface area (Å²) in [5, 5.41) is 1.69. The van der Waals surface area contributed by atoms with Gasteiger partial charge in [-0.1, -0.05) is 48.9 Å². The zero-order chi connectivity index (χ0) is 25.2. The fourth-order valence-corrected chi connectivity index (χ4v) is 4.81. The Hall–Kier alpha value is -3.84. The molecule has 36 heavy (non-hydrogen) atoms. The van der Waals surface area contributed by atoms with E-state index in [0.29, 0.717) is 30.4 Å². The van der Waals surface area contributed by atoms with Crippen molar-refractivity contribution in [3.05, 3.63) is 83.9 Å². The molecule has 2 fully saturated rings. The van der Waals surface area contributed by atoms with Gasteiger partial charge in [0.1, 0.15) is 5.92 Å². The van der Waals surface area contributed by atoms with Crippen molar-refractivity contribution < 1.29 is 23.9 Å². The van der Waals surface area contributed by atoms with E-state index in [1.807, 2.05) is 81.4 Å². The molecule has 3 aromatic rings. The first-order valence-electron chi connectivity index (χ1n) is 12.4. The zero-order valence-corrected chi connectivity index (χ0v) is 20.7. The largest absolute Gasteiger partial charge is 0.490 e. The molecule has 5 rings (SSSR count). The van der Waals surface area contributed by atoms with E-state index in [4.69, 9.17) is 14.3 Å². The third kappa shape index (κ3) is 4.20. The Morgan fingerprint density at radius 1 is 0.833 bits per heavy atom. The van der Waals surface area contributed by atoms with Crippen molar-refractivity contribution in [2.75, 3.05) is 23.2 Å². The number of rotatable bonds is 8. The highest BCUT2D eigenvalue weighted by molar-refractivity contribution is 6.23. The number of nitrogens with zero attached hydrogens (tertiary/aromatic N) is 2. The van der Waals surface area contributed by atoms with Crippen LogP contribution in [-0.4, -0.2) is 31.1 Å². The van der Waals surface area contributed by atoms with Crippen molar-refractivity contribution in [2.24, 2.45) is 5.92 Å². The number of imide groups is 1. The number of anilines is 2. The Morgan fingerprint density at radius 3 is 2.28 bits per heavy atom. The second-order valence-corrected chi connectivity index (χ2v) is 8.99. The van der Waals surface area contributed by atoms with E-state index in [-0.39, 0.29) is 11.8 Å². The third-order valence-electron chi connectivity index (χ3n) is 6.49. The van der Waals surface area contributed by atoms with Crippen molar-refractivity contribution >= 4 is 23.2 Å². The number of carbonyl (C=O) groups excluding carboxylic acids is 2. The second-order valence-electron chi connectivity index (χ2n) is 8.99. The van der Waals surface area contributed by atoms with Gasteiger partial charge in [-0.2, -0.15) is 0 Å². The van der Waals surface area contributed by atoms with E-state index in [1.165, 1.54) is 4.90 Å². The standard InChI is InChI=1S/C29H30N2O5/c1-4-17-35-23-16-13-20(18-24(23)34-5-2)26-25-27(36-31(26)22-9-7-6-8-10-22)29(33)30(28(25)32)21-14-11-19(3)12-15-21/h6-16,18,25-27H,4-5,17H2,1-3H3/t25-,26-,27-/m1/s1. The summed E-state index contributed by atoms with van der Waals surface area (Å²) >= 11 is 0. The minimum Gasteiger partial charge on any atom is -0.490 e. The van der Waals surface area contributed by atoms with Gasteiger partial charge in [-0.25, -0.2) is 9.96 Å². The monoisotopic (exact) mass is 486 g/mol. The lowest BCUT2D eigenvalue weighted by molar-refractivity contribution is -0.126. The molecule has 0 spiro atoms. The molecule has 2 amide bonds. The van der Waals surface area contributed by atoms with E-state index in [9.17, 15) is 9.59 Å². The van der Waals surface area contributed by atoms with E-state index in [1.54, 1.807) is 17.2 Å². The van der Waals surface area contributed by atoms with Crippen molar-refractivity contribution in [2.45, 2.75) is 39.3 Å². The number of hydrogen-bond acceptors (Lipinski definition) is 6. The number of hydroxylamine groups is 1. The average molecular weight is 487 g/mol. The third-order valence-corrected chi connectivity index (χ3v) is 6.49. The molecule has 7 heteroatoms. The highest BCUT2D eigenvalue weighted by atomic mass is 16.7. The number of ether oxygens (including phenoxy) is 2. The molecule has 0 radical (unpaired) electrons. The molecular weight excluding hydrogens is 456 g/mol. The van der Waals surface area contributed by atoms with Crippen molar-refractivity contribution in [1.29, 1.82) is 0 Å². The Balaban J connectivity index is 1.57. The van der Waals surface area contributed by atoms with Gasteiger partial charge in [0, 0.05) is 0 Å². The van der Waals surface area contributed by atoms with E-state index >= 15 is 0 Å². The molecule has 3 aromatic carbocycles. The lowest BCUT2D eigenvalue weighted by Gasteiger charge is -2.29. The lowest BCUT2D eigenvalue weighted by atomic mass is 9.90. The summed E-state index contributed by atoms with van der Waals surface area (Å²) in [5.41, 5.74) is 3.18. The highest BCUT2D eigenvalue weighted by Gasteiger charge is 2.60. The second kappa shape index (κ2) is 10.0. The normalized spacial score (nSPS) is 21.1. The van der Waals surface area contributed by atoms with Crippen molar-refractivity contribution in [3.63, 3.8) is 0 Å². The Labute approximate surface area is 211 Å². The predicted octanol–water partition coefficient (Wildman–Crippen LogP) is 5.23. The van der Waals surface area contributed by atoms with Gasteiger partial charge in [-0.05, 0) is 62.2 Å². The molecule has 2 saturated heterocycles. The van der Waals surface area contributed by atoms with Gasteiger partial charge in [0.05, 0.1) is 30.6 Å². The quantitative estimate of drug-likeness (QED) is 0.406. The molecule has 0 bridgehead atoms. The summed E-state index contributed by atoms with van der Waals surface area (Å²) in [6.45, 7) is 6.98. The fourth-order valence-electron chi connectivity index (χ4n) is 4.81. The molecular formula is C29H30N2O5. The summed E-state index contributed by atoms with van der Waals surface area (Å²) in [6, 6.07) is 22.1. The summed E-state index contributed by atoms with van der Waals surface area (Å²) in [7, 11) is 0. The molecule has 0 saturated carbocycles. The number of hydrogen-bond donors (Lipinski definition) is 0. The maximum absolute atomic E-state index is 13.8. The van der Waals surface area contributed by atoms with Crippen LogP contribution in [0, 0.1) is 12.8 Å². The summed E-state index contributed by atoms with van der Waals surface area (Å²) in [5.74, 6) is -0.0889. The molecule has 2 heterocycles. The molecule has 2 aliphatic rings. The van der Waals surface area contributed by atoms with Crippen LogP contribution in [-0.2, 0) is 14.4 Å². The van der Waals surface area contributed by atoms with Crippen LogP contribution in [0.4, 0.5) is 11.4 Å². The number of amides is 2. The number of fused-ring (bicyclic) bond motifs is 1. The Morgan fingerprint density at radius 2 is 1.58 bits per heavy atom. The molecule has 2 aliphatic heterocycles. The van der Waals surface area contributed by atoms with E-state index < -0.39 is 18.1 Å². The van der Waals surface area contributed by atoms with Gasteiger partial charge < -0.3 is 9.47 Å². The fraction of sp³-hybridized carbons (Fsp3) is 0.310. The first-order valence-corrected chi connectivity index (χ1v) is 12.4. The van der Waals surface area contributed by atoms with Crippen LogP contribution in [0.3, 0.4) is 0 Å². The first-order chi connectivity index (χ1) is 17.5. The SMILES string of the molecule is CCCOc1ccc([C@@H]2[C@H]3C(=O)N(c4ccc(C)cc4)C(=O)[C@@H]3ON2c2ccccc2)cc1OCC. The Bertz CT molecular complexity index is 1240. The predicted molar refractivity (Wildman–Crippen MR) is 137 cm³/mol. The van der Waals surface area contributed by atoms with Crippen LogP contribution in [0.25, 0.3) is 0 Å². The molecule has 0 N–H and O–H groups in total. The molecule has 0 aromatic heterocycles. The Kier molecular flexibility index (Phi) is 6.65. The first kappa shape index (κ1) is 23.9. The molecule has 7 nitrogen and oxygen atoms in total. The van der Waals surface area contributed by atoms with Crippen molar-refractivity contribution in [1.82, 2.24) is 0 Å².